The molecule has 0 fully saturated rings. The minimum Gasteiger partial charge on any atom is -0.507 e. The van der Waals surface area contributed by atoms with Crippen molar-refractivity contribution in [2.75, 3.05) is 20.2 Å². The van der Waals surface area contributed by atoms with Crippen LogP contribution >= 0.6 is 12.2 Å². The molecule has 19 heavy (non-hydrogen) atoms. The van der Waals surface area contributed by atoms with Crippen molar-refractivity contribution in [2.45, 2.75) is 13.3 Å². The van der Waals surface area contributed by atoms with Gasteiger partial charge in [-0.3, -0.25) is 4.79 Å². The monoisotopic (exact) mass is 282 g/mol. The molecule has 1 aromatic rings. The molecule has 0 aliphatic carbocycles. The van der Waals surface area contributed by atoms with Crippen LogP contribution in [0.2, 0.25) is 0 Å². The Morgan fingerprint density at radius 2 is 2.21 bits per heavy atom. The summed E-state index contributed by atoms with van der Waals surface area (Å²) in [4.78, 5) is 14.1. The number of ether oxygens (including phenoxy) is 1. The number of phenolic OH excluding ortho intramolecular Hbond substituents is 1. The van der Waals surface area contributed by atoms with E-state index in [1.54, 1.807) is 6.07 Å². The Morgan fingerprint density at radius 1 is 1.53 bits per heavy atom. The van der Waals surface area contributed by atoms with Crippen LogP contribution in [0, 0.1) is 0 Å². The van der Waals surface area contributed by atoms with Crippen LogP contribution in [0.15, 0.2) is 18.2 Å². The molecule has 1 aromatic carbocycles. The number of amides is 1. The van der Waals surface area contributed by atoms with E-state index >= 15 is 0 Å². The second kappa shape index (κ2) is 6.94. The average molecular weight is 282 g/mol. The predicted molar refractivity (Wildman–Crippen MR) is 77.6 cm³/mol. The number of nitrogens with zero attached hydrogens (tertiary/aromatic N) is 1. The van der Waals surface area contributed by atoms with E-state index in [4.69, 9.17) is 22.7 Å². The quantitative estimate of drug-likeness (QED) is 0.774. The lowest BCUT2D eigenvalue weighted by atomic mass is 10.1. The lowest BCUT2D eigenvalue weighted by Gasteiger charge is -2.22. The first-order valence-corrected chi connectivity index (χ1v) is 6.35. The number of hydrogen-bond donors (Lipinski definition) is 2. The van der Waals surface area contributed by atoms with Crippen molar-refractivity contribution >= 4 is 23.1 Å². The molecular formula is C13H18N2O3S. The van der Waals surface area contributed by atoms with E-state index < -0.39 is 0 Å². The maximum atomic E-state index is 12.4. The molecule has 3 N–H and O–H groups in total. The average Bonchev–Trinajstić information content (AvgIpc) is 2.37. The van der Waals surface area contributed by atoms with E-state index in [0.29, 0.717) is 12.3 Å². The van der Waals surface area contributed by atoms with Crippen molar-refractivity contribution in [3.63, 3.8) is 0 Å². The molecule has 0 radical (unpaired) electrons. The predicted octanol–water partition coefficient (Wildman–Crippen LogP) is 1.54. The molecule has 0 heterocycles. The molecule has 0 saturated carbocycles. The van der Waals surface area contributed by atoms with Crippen LogP contribution in [0.25, 0.3) is 0 Å². The van der Waals surface area contributed by atoms with Gasteiger partial charge in [-0.15, -0.1) is 0 Å². The Balaban J connectivity index is 3.04. The third-order valence-corrected chi connectivity index (χ3v) is 2.69. The van der Waals surface area contributed by atoms with Gasteiger partial charge in [-0.2, -0.15) is 0 Å². The highest BCUT2D eigenvalue weighted by Crippen LogP contribution is 2.24. The maximum Gasteiger partial charge on any atom is 0.258 e. The fraction of sp³-hybridized carbons (Fsp3) is 0.385. The molecule has 6 heteroatoms. The van der Waals surface area contributed by atoms with Crippen LogP contribution < -0.4 is 10.5 Å². The Hall–Kier alpha value is -1.82. The van der Waals surface area contributed by atoms with E-state index in [1.165, 1.54) is 24.1 Å². The molecule has 0 bridgehead atoms. The topological polar surface area (TPSA) is 75.8 Å². The first kappa shape index (κ1) is 15.2. The first-order valence-electron chi connectivity index (χ1n) is 5.94. The number of hydrogen-bond acceptors (Lipinski definition) is 4. The lowest BCUT2D eigenvalue weighted by Crippen LogP contribution is -2.38. The summed E-state index contributed by atoms with van der Waals surface area (Å²) in [5.74, 6) is 0.105. The summed E-state index contributed by atoms with van der Waals surface area (Å²) in [7, 11) is 1.50. The van der Waals surface area contributed by atoms with Crippen LogP contribution in [0.3, 0.4) is 0 Å². The SMILES string of the molecule is CCCN(CC(N)=S)C(=O)c1cc(OC)ccc1O. The van der Waals surface area contributed by atoms with Crippen LogP contribution in [0.4, 0.5) is 0 Å². The van der Waals surface area contributed by atoms with Gasteiger partial charge in [0.25, 0.3) is 5.91 Å². The van der Waals surface area contributed by atoms with Crippen LogP contribution in [-0.4, -0.2) is 41.1 Å². The highest BCUT2D eigenvalue weighted by molar-refractivity contribution is 7.80. The Morgan fingerprint density at radius 3 is 2.74 bits per heavy atom. The number of rotatable bonds is 6. The molecule has 5 nitrogen and oxygen atoms in total. The molecular weight excluding hydrogens is 264 g/mol. The first-order chi connectivity index (χ1) is 8.99. The molecule has 0 saturated heterocycles. The molecule has 0 spiro atoms. The van der Waals surface area contributed by atoms with Crippen molar-refractivity contribution in [3.05, 3.63) is 23.8 Å². The minimum atomic E-state index is -0.314. The number of carbonyl (C=O) groups excluding carboxylic acids is 1. The minimum absolute atomic E-state index is 0.0881. The van der Waals surface area contributed by atoms with Gasteiger partial charge in [0.2, 0.25) is 0 Å². The molecule has 0 aromatic heterocycles. The molecule has 0 atom stereocenters. The second-order valence-corrected chi connectivity index (χ2v) is 4.60. The fourth-order valence-electron chi connectivity index (χ4n) is 1.69. The zero-order valence-electron chi connectivity index (χ0n) is 11.0. The third-order valence-electron chi connectivity index (χ3n) is 2.56. The van der Waals surface area contributed by atoms with Crippen LogP contribution in [0.5, 0.6) is 11.5 Å². The normalized spacial score (nSPS) is 10.0. The molecule has 0 aliphatic heterocycles. The standard InChI is InChI=1S/C13H18N2O3S/c1-3-6-15(8-12(14)19)13(17)10-7-9(18-2)4-5-11(10)16/h4-5,7,16H,3,6,8H2,1-2H3,(H2,14,19). The number of methoxy groups -OCH3 is 1. The van der Waals surface area contributed by atoms with Gasteiger partial charge in [0.05, 0.1) is 24.2 Å². The number of aromatic hydroxyl groups is 1. The lowest BCUT2D eigenvalue weighted by molar-refractivity contribution is 0.0776. The number of benzene rings is 1. The van der Waals surface area contributed by atoms with Gasteiger partial charge < -0.3 is 20.5 Å². The molecule has 1 rings (SSSR count). The van der Waals surface area contributed by atoms with Gasteiger partial charge in [0.15, 0.2) is 0 Å². The summed E-state index contributed by atoms with van der Waals surface area (Å²) in [5, 5.41) is 9.78. The number of thiocarbonyl (C=S) groups is 1. The smallest absolute Gasteiger partial charge is 0.258 e. The summed E-state index contributed by atoms with van der Waals surface area (Å²) < 4.78 is 5.05. The number of nitrogens with two attached hydrogens (primary N) is 1. The van der Waals surface area contributed by atoms with Crippen molar-refractivity contribution in [1.29, 1.82) is 0 Å². The Bertz CT molecular complexity index is 477. The maximum absolute atomic E-state index is 12.4. The van der Waals surface area contributed by atoms with Crippen molar-refractivity contribution in [1.82, 2.24) is 4.90 Å². The summed E-state index contributed by atoms with van der Waals surface area (Å²) in [6.45, 7) is 2.66. The van der Waals surface area contributed by atoms with Gasteiger partial charge in [-0.05, 0) is 24.6 Å². The van der Waals surface area contributed by atoms with Gasteiger partial charge >= 0.3 is 0 Å². The molecule has 0 aliphatic rings. The van der Waals surface area contributed by atoms with E-state index in [-0.39, 0.29) is 28.8 Å². The van der Waals surface area contributed by atoms with Crippen molar-refractivity contribution in [3.8, 4) is 11.5 Å². The highest BCUT2D eigenvalue weighted by Gasteiger charge is 2.19. The van der Waals surface area contributed by atoms with Crippen LogP contribution in [-0.2, 0) is 0 Å². The highest BCUT2D eigenvalue weighted by atomic mass is 32.1. The van der Waals surface area contributed by atoms with Gasteiger partial charge in [0.1, 0.15) is 11.5 Å². The van der Waals surface area contributed by atoms with Crippen molar-refractivity contribution in [2.24, 2.45) is 5.73 Å². The summed E-state index contributed by atoms with van der Waals surface area (Å²) in [5.41, 5.74) is 5.67. The molecule has 104 valence electrons. The van der Waals surface area contributed by atoms with Crippen molar-refractivity contribution < 1.29 is 14.6 Å². The van der Waals surface area contributed by atoms with E-state index in [1.807, 2.05) is 6.92 Å². The number of carbonyl (C=O) groups is 1. The Labute approximate surface area is 118 Å². The number of phenols is 1. The molecule has 1 amide bonds. The zero-order chi connectivity index (χ0) is 14.4. The zero-order valence-corrected chi connectivity index (χ0v) is 11.9. The summed E-state index contributed by atoms with van der Waals surface area (Å²) in [6.07, 6.45) is 0.777. The Kier molecular flexibility index (Phi) is 5.57. The molecule has 0 unspecified atom stereocenters. The van der Waals surface area contributed by atoms with Gasteiger partial charge in [-0.25, -0.2) is 0 Å². The summed E-state index contributed by atoms with van der Waals surface area (Å²) in [6, 6.07) is 4.51. The van der Waals surface area contributed by atoms with E-state index in [0.717, 1.165) is 6.42 Å². The largest absolute Gasteiger partial charge is 0.507 e. The fourth-order valence-corrected chi connectivity index (χ4v) is 1.85. The second-order valence-electron chi connectivity index (χ2n) is 4.08. The summed E-state index contributed by atoms with van der Waals surface area (Å²) >= 11 is 4.83. The van der Waals surface area contributed by atoms with Gasteiger partial charge in [0, 0.05) is 6.54 Å². The van der Waals surface area contributed by atoms with E-state index in [2.05, 4.69) is 0 Å². The van der Waals surface area contributed by atoms with Crippen LogP contribution in [0.1, 0.15) is 23.7 Å². The third kappa shape index (κ3) is 4.10. The van der Waals surface area contributed by atoms with Gasteiger partial charge in [-0.1, -0.05) is 19.1 Å². The van der Waals surface area contributed by atoms with E-state index in [9.17, 15) is 9.90 Å².